The molecule has 1 aliphatic rings. The summed E-state index contributed by atoms with van der Waals surface area (Å²) in [6.07, 6.45) is 3.61. The lowest BCUT2D eigenvalue weighted by Crippen LogP contribution is -2.47. The Hall–Kier alpha value is -2.63. The first kappa shape index (κ1) is 17.2. The zero-order chi connectivity index (χ0) is 17.8. The molecule has 1 atom stereocenters. The maximum Gasteiger partial charge on any atom is 0.240 e. The summed E-state index contributed by atoms with van der Waals surface area (Å²) in [5.74, 6) is 0.659. The summed E-state index contributed by atoms with van der Waals surface area (Å²) in [5, 5.41) is 16.1. The van der Waals surface area contributed by atoms with Crippen LogP contribution in [0.1, 0.15) is 16.9 Å². The van der Waals surface area contributed by atoms with Crippen molar-refractivity contribution in [2.24, 2.45) is 0 Å². The quantitative estimate of drug-likeness (QED) is 0.879. The Kier molecular flexibility index (Phi) is 5.16. The van der Waals surface area contributed by atoms with Gasteiger partial charge in [0.05, 0.1) is 25.8 Å². The number of ether oxygens (including phenoxy) is 1. The first-order chi connectivity index (χ1) is 12.1. The van der Waals surface area contributed by atoms with Crippen molar-refractivity contribution in [3.05, 3.63) is 35.3 Å². The molecule has 0 aliphatic carbocycles. The van der Waals surface area contributed by atoms with Gasteiger partial charge in [-0.05, 0) is 19.9 Å². The Bertz CT molecular complexity index is 775. The van der Waals surface area contributed by atoms with Crippen molar-refractivity contribution in [3.63, 3.8) is 0 Å². The number of rotatable bonds is 5. The second kappa shape index (κ2) is 7.51. The maximum absolute atomic E-state index is 12.3. The van der Waals surface area contributed by atoms with Gasteiger partial charge >= 0.3 is 0 Å². The Labute approximate surface area is 146 Å². The monoisotopic (exact) mass is 343 g/mol. The van der Waals surface area contributed by atoms with Gasteiger partial charge in [0.15, 0.2) is 0 Å². The topological polar surface area (TPSA) is 96.3 Å². The highest BCUT2D eigenvalue weighted by molar-refractivity contribution is 5.92. The van der Waals surface area contributed by atoms with E-state index in [4.69, 9.17) is 9.15 Å². The fourth-order valence-corrected chi connectivity index (χ4v) is 2.87. The van der Waals surface area contributed by atoms with E-state index in [0.29, 0.717) is 37.6 Å². The molecule has 1 amide bonds. The molecule has 2 aromatic rings. The summed E-state index contributed by atoms with van der Waals surface area (Å²) >= 11 is 0. The summed E-state index contributed by atoms with van der Waals surface area (Å²) in [6, 6.07) is 3.94. The van der Waals surface area contributed by atoms with E-state index in [1.807, 2.05) is 21.8 Å². The molecule has 2 aromatic heterocycles. The van der Waals surface area contributed by atoms with E-state index in [9.17, 15) is 10.1 Å². The molecule has 25 heavy (non-hydrogen) atoms. The third kappa shape index (κ3) is 4.07. The predicted octanol–water partition coefficient (Wildman–Crippen LogP) is 1.30. The average molecular weight is 343 g/mol. The molecule has 1 unspecified atom stereocenters. The van der Waals surface area contributed by atoms with Crippen LogP contribution in [-0.4, -0.2) is 52.9 Å². The lowest BCUT2D eigenvalue weighted by Gasteiger charge is -2.32. The smallest absolute Gasteiger partial charge is 0.240 e. The largest absolute Gasteiger partial charge is 0.444 e. The van der Waals surface area contributed by atoms with Crippen molar-refractivity contribution < 1.29 is 13.9 Å². The lowest BCUT2D eigenvalue weighted by molar-refractivity contribution is -0.119. The van der Waals surface area contributed by atoms with Gasteiger partial charge in [0, 0.05) is 31.0 Å². The average Bonchev–Trinajstić information content (AvgIpc) is 3.16. The number of carbonyl (C=O) groups excluding carboxylic acids is 1. The van der Waals surface area contributed by atoms with E-state index in [1.54, 1.807) is 20.0 Å². The fourth-order valence-electron chi connectivity index (χ4n) is 2.87. The number of furan rings is 1. The van der Waals surface area contributed by atoms with Gasteiger partial charge in [-0.1, -0.05) is 0 Å². The number of hydrogen-bond acceptors (Lipinski definition) is 6. The van der Waals surface area contributed by atoms with Crippen LogP contribution in [0.15, 0.2) is 22.9 Å². The first-order valence-electron chi connectivity index (χ1n) is 8.18. The minimum Gasteiger partial charge on any atom is -0.444 e. The highest BCUT2D eigenvalue weighted by Crippen LogP contribution is 2.25. The Morgan fingerprint density at radius 3 is 3.08 bits per heavy atom. The van der Waals surface area contributed by atoms with Crippen LogP contribution in [0.5, 0.6) is 0 Å². The van der Waals surface area contributed by atoms with Crippen LogP contribution in [0, 0.1) is 25.2 Å². The van der Waals surface area contributed by atoms with E-state index in [-0.39, 0.29) is 24.4 Å². The molecule has 3 rings (SSSR count). The van der Waals surface area contributed by atoms with Crippen LogP contribution >= 0.6 is 0 Å². The standard InChI is InChI=1S/C17H21N5O3/c1-12-13(2)25-17(15(12)8-18)20-16(23)11-21-6-7-24-14(9-21)10-22-5-3-4-19-22/h3-5,14H,6-7,9-11H2,1-2H3,(H,20,23). The van der Waals surface area contributed by atoms with Crippen LogP contribution in [0.4, 0.5) is 5.88 Å². The number of nitrogens with one attached hydrogen (secondary N) is 1. The maximum atomic E-state index is 12.3. The molecule has 3 heterocycles. The molecule has 8 nitrogen and oxygen atoms in total. The van der Waals surface area contributed by atoms with E-state index in [2.05, 4.69) is 16.5 Å². The molecule has 0 aromatic carbocycles. The highest BCUT2D eigenvalue weighted by atomic mass is 16.5. The molecular weight excluding hydrogens is 322 g/mol. The van der Waals surface area contributed by atoms with Gasteiger partial charge in [-0.2, -0.15) is 10.4 Å². The van der Waals surface area contributed by atoms with Gasteiger partial charge in [0.25, 0.3) is 0 Å². The summed E-state index contributed by atoms with van der Waals surface area (Å²) in [4.78, 5) is 14.3. The predicted molar refractivity (Wildman–Crippen MR) is 89.9 cm³/mol. The molecule has 0 radical (unpaired) electrons. The number of aromatic nitrogens is 2. The molecule has 1 fully saturated rings. The second-order valence-corrected chi connectivity index (χ2v) is 6.10. The van der Waals surface area contributed by atoms with E-state index >= 15 is 0 Å². The normalized spacial score (nSPS) is 18.0. The third-order valence-electron chi connectivity index (χ3n) is 4.29. The lowest BCUT2D eigenvalue weighted by atomic mass is 10.2. The third-order valence-corrected chi connectivity index (χ3v) is 4.29. The van der Waals surface area contributed by atoms with Crippen molar-refractivity contribution >= 4 is 11.8 Å². The van der Waals surface area contributed by atoms with Crippen molar-refractivity contribution in [2.45, 2.75) is 26.5 Å². The van der Waals surface area contributed by atoms with E-state index < -0.39 is 0 Å². The fraction of sp³-hybridized carbons (Fsp3) is 0.471. The molecular formula is C17H21N5O3. The highest BCUT2D eigenvalue weighted by Gasteiger charge is 2.24. The van der Waals surface area contributed by atoms with Crippen molar-refractivity contribution in [1.29, 1.82) is 5.26 Å². The number of nitriles is 1. The number of aryl methyl sites for hydroxylation is 1. The Morgan fingerprint density at radius 1 is 1.52 bits per heavy atom. The number of nitrogens with zero attached hydrogens (tertiary/aromatic N) is 4. The molecule has 0 spiro atoms. The summed E-state index contributed by atoms with van der Waals surface area (Å²) in [5.41, 5.74) is 1.13. The van der Waals surface area contributed by atoms with Crippen molar-refractivity contribution in [2.75, 3.05) is 31.6 Å². The second-order valence-electron chi connectivity index (χ2n) is 6.10. The zero-order valence-electron chi connectivity index (χ0n) is 14.4. The molecule has 1 N–H and O–H groups in total. The summed E-state index contributed by atoms with van der Waals surface area (Å²) in [7, 11) is 0. The number of hydrogen-bond donors (Lipinski definition) is 1. The van der Waals surface area contributed by atoms with Crippen molar-refractivity contribution in [3.8, 4) is 6.07 Å². The van der Waals surface area contributed by atoms with E-state index in [0.717, 1.165) is 5.56 Å². The van der Waals surface area contributed by atoms with Crippen molar-refractivity contribution in [1.82, 2.24) is 14.7 Å². The molecule has 1 saturated heterocycles. The van der Waals surface area contributed by atoms with Crippen LogP contribution in [0.3, 0.4) is 0 Å². The molecule has 132 valence electrons. The van der Waals surface area contributed by atoms with Gasteiger partial charge in [-0.25, -0.2) is 0 Å². The number of morpholine rings is 1. The van der Waals surface area contributed by atoms with Crippen LogP contribution in [0.25, 0.3) is 0 Å². The van der Waals surface area contributed by atoms with E-state index in [1.165, 1.54) is 0 Å². The van der Waals surface area contributed by atoms with Gasteiger partial charge in [-0.3, -0.25) is 19.7 Å². The van der Waals surface area contributed by atoms with Gasteiger partial charge in [-0.15, -0.1) is 0 Å². The molecule has 0 bridgehead atoms. The minimum absolute atomic E-state index is 0.00998. The molecule has 0 saturated carbocycles. The summed E-state index contributed by atoms with van der Waals surface area (Å²) in [6.45, 7) is 6.35. The van der Waals surface area contributed by atoms with Gasteiger partial charge in [0.1, 0.15) is 17.4 Å². The summed E-state index contributed by atoms with van der Waals surface area (Å²) < 4.78 is 13.0. The number of anilines is 1. The minimum atomic E-state index is -0.204. The van der Waals surface area contributed by atoms with Gasteiger partial charge < -0.3 is 9.15 Å². The first-order valence-corrected chi connectivity index (χ1v) is 8.18. The Morgan fingerprint density at radius 2 is 2.36 bits per heavy atom. The number of amides is 1. The molecule has 1 aliphatic heterocycles. The SMILES string of the molecule is Cc1oc(NC(=O)CN2CCOC(Cn3cccn3)C2)c(C#N)c1C. The number of carbonyl (C=O) groups is 1. The molecule has 8 heteroatoms. The Balaban J connectivity index is 1.56. The van der Waals surface area contributed by atoms with Crippen LogP contribution in [-0.2, 0) is 16.1 Å². The van der Waals surface area contributed by atoms with Gasteiger partial charge in [0.2, 0.25) is 11.8 Å². The zero-order valence-corrected chi connectivity index (χ0v) is 14.4. The van der Waals surface area contributed by atoms with Crippen LogP contribution < -0.4 is 5.32 Å². The van der Waals surface area contributed by atoms with Crippen LogP contribution in [0.2, 0.25) is 0 Å².